The minimum Gasteiger partial charge on any atom is -0.497 e. The number of nitrogens with zero attached hydrogens (tertiary/aromatic N) is 1. The third-order valence-electron chi connectivity index (χ3n) is 4.01. The standard InChI is InChI=1S/C19H22N2O3S/c1-23-16-4-2-3-14(11-16)5-8-21-19(22)15-6-9-20-18(12-15)24-17-7-10-25-13-17/h2-4,6,9,11-12,17H,5,7-8,10,13H2,1H3,(H,21,22). The molecule has 0 radical (unpaired) electrons. The molecule has 1 atom stereocenters. The number of carbonyl (C=O) groups excluding carboxylic acids is 1. The summed E-state index contributed by atoms with van der Waals surface area (Å²) in [6, 6.07) is 11.3. The van der Waals surface area contributed by atoms with Crippen molar-refractivity contribution in [2.24, 2.45) is 0 Å². The van der Waals surface area contributed by atoms with Gasteiger partial charge in [-0.05, 0) is 42.4 Å². The Morgan fingerprint density at radius 1 is 1.36 bits per heavy atom. The Kier molecular flexibility index (Phi) is 6.17. The van der Waals surface area contributed by atoms with E-state index in [1.807, 2.05) is 36.0 Å². The van der Waals surface area contributed by atoms with Crippen molar-refractivity contribution < 1.29 is 14.3 Å². The Labute approximate surface area is 152 Å². The maximum atomic E-state index is 12.3. The third-order valence-corrected chi connectivity index (χ3v) is 5.14. The van der Waals surface area contributed by atoms with Gasteiger partial charge in [0.25, 0.3) is 5.91 Å². The molecule has 1 aliphatic heterocycles. The Morgan fingerprint density at radius 3 is 3.08 bits per heavy atom. The van der Waals surface area contributed by atoms with Gasteiger partial charge in [-0.1, -0.05) is 12.1 Å². The van der Waals surface area contributed by atoms with Crippen molar-refractivity contribution >= 4 is 17.7 Å². The van der Waals surface area contributed by atoms with E-state index in [4.69, 9.17) is 9.47 Å². The fourth-order valence-electron chi connectivity index (χ4n) is 2.64. The van der Waals surface area contributed by atoms with Crippen LogP contribution >= 0.6 is 11.8 Å². The zero-order valence-electron chi connectivity index (χ0n) is 14.2. The average molecular weight is 358 g/mol. The lowest BCUT2D eigenvalue weighted by atomic mass is 10.1. The number of methoxy groups -OCH3 is 1. The minimum atomic E-state index is -0.115. The number of hydrogen-bond acceptors (Lipinski definition) is 5. The van der Waals surface area contributed by atoms with E-state index in [2.05, 4.69) is 10.3 Å². The first-order valence-corrected chi connectivity index (χ1v) is 9.51. The zero-order chi connectivity index (χ0) is 17.5. The quantitative estimate of drug-likeness (QED) is 0.825. The summed E-state index contributed by atoms with van der Waals surface area (Å²) in [5, 5.41) is 2.94. The van der Waals surface area contributed by atoms with E-state index in [0.29, 0.717) is 18.0 Å². The van der Waals surface area contributed by atoms with Crippen molar-refractivity contribution in [3.05, 3.63) is 53.7 Å². The second kappa shape index (κ2) is 8.76. The van der Waals surface area contributed by atoms with Gasteiger partial charge in [0.15, 0.2) is 0 Å². The second-order valence-electron chi connectivity index (χ2n) is 5.84. The highest BCUT2D eigenvalue weighted by atomic mass is 32.2. The summed E-state index contributed by atoms with van der Waals surface area (Å²) >= 11 is 1.88. The number of aromatic nitrogens is 1. The van der Waals surface area contributed by atoms with Crippen LogP contribution in [0.2, 0.25) is 0 Å². The summed E-state index contributed by atoms with van der Waals surface area (Å²) in [5.74, 6) is 3.34. The van der Waals surface area contributed by atoms with E-state index in [1.165, 1.54) is 0 Å². The van der Waals surface area contributed by atoms with E-state index < -0.39 is 0 Å². The Bertz CT molecular complexity index is 717. The van der Waals surface area contributed by atoms with Crippen LogP contribution in [0.15, 0.2) is 42.6 Å². The molecule has 3 rings (SSSR count). The van der Waals surface area contributed by atoms with Crippen LogP contribution in [0.1, 0.15) is 22.3 Å². The molecule has 25 heavy (non-hydrogen) atoms. The molecule has 5 nitrogen and oxygen atoms in total. The molecular formula is C19H22N2O3S. The first-order chi connectivity index (χ1) is 12.2. The van der Waals surface area contributed by atoms with Gasteiger partial charge in [-0.25, -0.2) is 4.98 Å². The molecule has 0 saturated carbocycles. The SMILES string of the molecule is COc1cccc(CCNC(=O)c2ccnc(OC3CCSC3)c2)c1. The molecule has 0 spiro atoms. The van der Waals surface area contributed by atoms with Crippen LogP contribution in [0.4, 0.5) is 0 Å². The summed E-state index contributed by atoms with van der Waals surface area (Å²) in [7, 11) is 1.65. The molecule has 1 saturated heterocycles. The first kappa shape index (κ1) is 17.6. The van der Waals surface area contributed by atoms with Gasteiger partial charge in [-0.3, -0.25) is 4.79 Å². The second-order valence-corrected chi connectivity index (χ2v) is 6.99. The molecule has 1 amide bonds. The zero-order valence-corrected chi connectivity index (χ0v) is 15.1. The summed E-state index contributed by atoms with van der Waals surface area (Å²) in [4.78, 5) is 16.5. The van der Waals surface area contributed by atoms with Gasteiger partial charge in [-0.2, -0.15) is 11.8 Å². The Hall–Kier alpha value is -2.21. The normalized spacial score (nSPS) is 16.4. The first-order valence-electron chi connectivity index (χ1n) is 8.36. The Morgan fingerprint density at radius 2 is 2.28 bits per heavy atom. The molecule has 2 heterocycles. The molecule has 1 unspecified atom stereocenters. The molecule has 2 aromatic rings. The maximum Gasteiger partial charge on any atom is 0.251 e. The van der Waals surface area contributed by atoms with E-state index in [-0.39, 0.29) is 12.0 Å². The van der Waals surface area contributed by atoms with Gasteiger partial charge in [0.05, 0.1) is 7.11 Å². The highest BCUT2D eigenvalue weighted by molar-refractivity contribution is 7.99. The lowest BCUT2D eigenvalue weighted by molar-refractivity contribution is 0.0953. The molecule has 1 aliphatic rings. The van der Waals surface area contributed by atoms with Gasteiger partial charge in [0, 0.05) is 30.1 Å². The van der Waals surface area contributed by atoms with E-state index in [1.54, 1.807) is 25.4 Å². The lowest BCUT2D eigenvalue weighted by Crippen LogP contribution is -2.26. The number of ether oxygens (including phenoxy) is 2. The lowest BCUT2D eigenvalue weighted by Gasteiger charge is -2.12. The van der Waals surface area contributed by atoms with Crippen LogP contribution in [0.3, 0.4) is 0 Å². The van der Waals surface area contributed by atoms with Gasteiger partial charge in [0.1, 0.15) is 11.9 Å². The van der Waals surface area contributed by atoms with Crippen LogP contribution in [0, 0.1) is 0 Å². The van der Waals surface area contributed by atoms with Crippen LogP contribution in [0.25, 0.3) is 0 Å². The van der Waals surface area contributed by atoms with E-state index in [9.17, 15) is 4.79 Å². The summed E-state index contributed by atoms with van der Waals surface area (Å²) in [6.45, 7) is 0.559. The average Bonchev–Trinajstić information content (AvgIpc) is 3.15. The van der Waals surface area contributed by atoms with Crippen LogP contribution < -0.4 is 14.8 Å². The van der Waals surface area contributed by atoms with E-state index in [0.717, 1.165) is 35.7 Å². The van der Waals surface area contributed by atoms with Gasteiger partial charge in [-0.15, -0.1) is 0 Å². The van der Waals surface area contributed by atoms with Gasteiger partial charge < -0.3 is 14.8 Å². The number of nitrogens with one attached hydrogen (secondary N) is 1. The van der Waals surface area contributed by atoms with E-state index >= 15 is 0 Å². The van der Waals surface area contributed by atoms with Crippen LogP contribution in [-0.4, -0.2) is 42.2 Å². The van der Waals surface area contributed by atoms with Crippen molar-refractivity contribution in [3.8, 4) is 11.6 Å². The molecular weight excluding hydrogens is 336 g/mol. The fraction of sp³-hybridized carbons (Fsp3) is 0.368. The van der Waals surface area contributed by atoms with Crippen molar-refractivity contribution in [2.75, 3.05) is 25.2 Å². The molecule has 1 fully saturated rings. The van der Waals surface area contributed by atoms with Gasteiger partial charge >= 0.3 is 0 Å². The highest BCUT2D eigenvalue weighted by Crippen LogP contribution is 2.22. The summed E-state index contributed by atoms with van der Waals surface area (Å²) < 4.78 is 11.0. The van der Waals surface area contributed by atoms with Crippen LogP contribution in [-0.2, 0) is 6.42 Å². The highest BCUT2D eigenvalue weighted by Gasteiger charge is 2.18. The summed E-state index contributed by atoms with van der Waals surface area (Å²) in [5.41, 5.74) is 1.69. The number of benzene rings is 1. The van der Waals surface area contributed by atoms with Gasteiger partial charge in [0.2, 0.25) is 5.88 Å². The van der Waals surface area contributed by atoms with Crippen LogP contribution in [0.5, 0.6) is 11.6 Å². The maximum absolute atomic E-state index is 12.3. The number of pyridine rings is 1. The number of amides is 1. The number of thioether (sulfide) groups is 1. The molecule has 1 aromatic heterocycles. The topological polar surface area (TPSA) is 60.5 Å². The Balaban J connectivity index is 1.52. The van der Waals surface area contributed by atoms with Crippen molar-refractivity contribution in [3.63, 3.8) is 0 Å². The molecule has 0 aliphatic carbocycles. The number of rotatable bonds is 7. The van der Waals surface area contributed by atoms with Crippen molar-refractivity contribution in [1.82, 2.24) is 10.3 Å². The van der Waals surface area contributed by atoms with Crippen molar-refractivity contribution in [1.29, 1.82) is 0 Å². The molecule has 1 N–H and O–H groups in total. The monoisotopic (exact) mass is 358 g/mol. The third kappa shape index (κ3) is 5.13. The smallest absolute Gasteiger partial charge is 0.251 e. The molecule has 0 bridgehead atoms. The number of carbonyl (C=O) groups is 1. The molecule has 132 valence electrons. The molecule has 6 heteroatoms. The van der Waals surface area contributed by atoms with Crippen molar-refractivity contribution in [2.45, 2.75) is 18.9 Å². The largest absolute Gasteiger partial charge is 0.497 e. The predicted molar refractivity (Wildman–Crippen MR) is 99.6 cm³/mol. The number of hydrogen-bond donors (Lipinski definition) is 1. The fourth-order valence-corrected chi connectivity index (χ4v) is 3.74. The molecule has 1 aromatic carbocycles. The summed E-state index contributed by atoms with van der Waals surface area (Å²) in [6.07, 6.45) is 3.60. The minimum absolute atomic E-state index is 0.115. The predicted octanol–water partition coefficient (Wildman–Crippen LogP) is 2.95.